The van der Waals surface area contributed by atoms with Crippen LogP contribution in [-0.4, -0.2) is 48.1 Å². The number of hydrogen-bond acceptors (Lipinski definition) is 5. The van der Waals surface area contributed by atoms with Gasteiger partial charge in [-0.2, -0.15) is 0 Å². The Kier molecular flexibility index (Phi) is 4.72. The number of nitrogens with zero attached hydrogens (tertiary/aromatic N) is 2. The molecule has 0 bridgehead atoms. The fourth-order valence-electron chi connectivity index (χ4n) is 2.34. The van der Waals surface area contributed by atoms with E-state index in [4.69, 9.17) is 0 Å². The smallest absolute Gasteiger partial charge is 0.107 e. The highest BCUT2D eigenvalue weighted by molar-refractivity contribution is 7.09. The summed E-state index contributed by atoms with van der Waals surface area (Å²) in [7, 11) is 0. The summed E-state index contributed by atoms with van der Waals surface area (Å²) in [6.07, 6.45) is 0. The van der Waals surface area contributed by atoms with Crippen LogP contribution < -0.4 is 10.6 Å². The monoisotopic (exact) mass is 268 g/mol. The van der Waals surface area contributed by atoms with E-state index in [1.807, 2.05) is 6.92 Å². The molecule has 2 rings (SSSR count). The van der Waals surface area contributed by atoms with E-state index in [-0.39, 0.29) is 5.54 Å². The van der Waals surface area contributed by atoms with Gasteiger partial charge in [0.05, 0.1) is 0 Å². The van der Waals surface area contributed by atoms with Gasteiger partial charge in [-0.05, 0) is 20.8 Å². The van der Waals surface area contributed by atoms with Crippen LogP contribution in [0.1, 0.15) is 24.5 Å². The van der Waals surface area contributed by atoms with E-state index >= 15 is 0 Å². The molecule has 1 aromatic heterocycles. The first kappa shape index (κ1) is 13.9. The van der Waals surface area contributed by atoms with Crippen LogP contribution in [0.4, 0.5) is 0 Å². The second kappa shape index (κ2) is 6.10. The minimum Gasteiger partial charge on any atom is -0.314 e. The van der Waals surface area contributed by atoms with E-state index in [1.54, 1.807) is 11.3 Å². The third kappa shape index (κ3) is 3.75. The predicted molar refractivity (Wildman–Crippen MR) is 77.1 cm³/mol. The summed E-state index contributed by atoms with van der Waals surface area (Å²) in [4.78, 5) is 7.03. The molecule has 18 heavy (non-hydrogen) atoms. The van der Waals surface area contributed by atoms with Crippen LogP contribution in [0.15, 0.2) is 5.38 Å². The largest absolute Gasteiger partial charge is 0.314 e. The highest BCUT2D eigenvalue weighted by atomic mass is 32.1. The molecule has 1 aliphatic rings. The van der Waals surface area contributed by atoms with Crippen LogP contribution in [0.2, 0.25) is 0 Å². The standard InChI is InChI=1S/C13H24N4S/c1-11-9-18-12(16-11)8-15-10-13(2,3)17-6-4-14-5-7-17/h9,14-15H,4-8,10H2,1-3H3. The first-order chi connectivity index (χ1) is 8.58. The summed E-state index contributed by atoms with van der Waals surface area (Å²) < 4.78 is 0. The molecule has 1 aromatic rings. The lowest BCUT2D eigenvalue weighted by Crippen LogP contribution is -2.57. The summed E-state index contributed by atoms with van der Waals surface area (Å²) in [5.41, 5.74) is 1.34. The van der Waals surface area contributed by atoms with Crippen molar-refractivity contribution in [1.82, 2.24) is 20.5 Å². The van der Waals surface area contributed by atoms with Gasteiger partial charge in [-0.25, -0.2) is 4.98 Å². The molecule has 2 N–H and O–H groups in total. The Labute approximate surface area is 114 Å². The van der Waals surface area contributed by atoms with Crippen LogP contribution in [0, 0.1) is 6.92 Å². The van der Waals surface area contributed by atoms with Crippen molar-refractivity contribution in [1.29, 1.82) is 0 Å². The second-order valence-corrected chi connectivity index (χ2v) is 6.48. The number of hydrogen-bond donors (Lipinski definition) is 2. The Morgan fingerprint density at radius 3 is 2.78 bits per heavy atom. The summed E-state index contributed by atoms with van der Waals surface area (Å²) >= 11 is 1.74. The number of nitrogens with one attached hydrogen (secondary N) is 2. The zero-order chi connectivity index (χ0) is 13.0. The Bertz CT molecular complexity index is 369. The first-order valence-electron chi connectivity index (χ1n) is 6.65. The lowest BCUT2D eigenvalue weighted by Gasteiger charge is -2.41. The van der Waals surface area contributed by atoms with Gasteiger partial charge in [-0.1, -0.05) is 0 Å². The van der Waals surface area contributed by atoms with Crippen molar-refractivity contribution in [3.63, 3.8) is 0 Å². The molecule has 1 saturated heterocycles. The van der Waals surface area contributed by atoms with Crippen molar-refractivity contribution in [2.45, 2.75) is 32.9 Å². The quantitative estimate of drug-likeness (QED) is 0.842. The van der Waals surface area contributed by atoms with E-state index in [1.165, 1.54) is 5.01 Å². The number of piperazine rings is 1. The minimum atomic E-state index is 0.217. The first-order valence-corrected chi connectivity index (χ1v) is 7.53. The molecule has 0 unspecified atom stereocenters. The maximum Gasteiger partial charge on any atom is 0.107 e. The van der Waals surface area contributed by atoms with E-state index in [0.29, 0.717) is 0 Å². The molecule has 5 heteroatoms. The summed E-state index contributed by atoms with van der Waals surface area (Å²) in [6, 6.07) is 0. The van der Waals surface area contributed by atoms with Crippen LogP contribution in [0.25, 0.3) is 0 Å². The average molecular weight is 268 g/mol. The van der Waals surface area contributed by atoms with Gasteiger partial charge in [0.1, 0.15) is 5.01 Å². The van der Waals surface area contributed by atoms with Crippen LogP contribution in [0.5, 0.6) is 0 Å². The van der Waals surface area contributed by atoms with Crippen molar-refractivity contribution in [3.05, 3.63) is 16.1 Å². The number of aryl methyl sites for hydroxylation is 1. The normalized spacial score (nSPS) is 18.2. The molecule has 0 aromatic carbocycles. The topological polar surface area (TPSA) is 40.2 Å². The Balaban J connectivity index is 1.77. The Morgan fingerprint density at radius 2 is 2.17 bits per heavy atom. The second-order valence-electron chi connectivity index (χ2n) is 5.54. The van der Waals surface area contributed by atoms with Crippen molar-refractivity contribution in [2.75, 3.05) is 32.7 Å². The van der Waals surface area contributed by atoms with Crippen molar-refractivity contribution in [3.8, 4) is 0 Å². The fourth-order valence-corrected chi connectivity index (χ4v) is 3.08. The summed E-state index contributed by atoms with van der Waals surface area (Å²) in [5.74, 6) is 0. The molecule has 0 radical (unpaired) electrons. The number of rotatable bonds is 5. The highest BCUT2D eigenvalue weighted by Crippen LogP contribution is 2.14. The molecule has 102 valence electrons. The Morgan fingerprint density at radius 1 is 1.44 bits per heavy atom. The molecule has 1 aliphatic heterocycles. The third-order valence-electron chi connectivity index (χ3n) is 3.47. The van der Waals surface area contributed by atoms with Gasteiger partial charge in [-0.15, -0.1) is 11.3 Å². The zero-order valence-electron chi connectivity index (χ0n) is 11.6. The highest BCUT2D eigenvalue weighted by Gasteiger charge is 2.27. The number of thiazole rings is 1. The molecule has 0 amide bonds. The maximum atomic E-state index is 4.48. The molecule has 0 spiro atoms. The van der Waals surface area contributed by atoms with E-state index in [0.717, 1.165) is 45.0 Å². The van der Waals surface area contributed by atoms with E-state index < -0.39 is 0 Å². The van der Waals surface area contributed by atoms with Crippen LogP contribution >= 0.6 is 11.3 Å². The van der Waals surface area contributed by atoms with Crippen LogP contribution in [-0.2, 0) is 6.54 Å². The van der Waals surface area contributed by atoms with E-state index in [2.05, 4.69) is 39.7 Å². The van der Waals surface area contributed by atoms with Gasteiger partial charge in [-0.3, -0.25) is 4.90 Å². The zero-order valence-corrected chi connectivity index (χ0v) is 12.4. The number of aromatic nitrogens is 1. The maximum absolute atomic E-state index is 4.48. The molecule has 4 nitrogen and oxygen atoms in total. The lowest BCUT2D eigenvalue weighted by molar-refractivity contribution is 0.102. The summed E-state index contributed by atoms with van der Waals surface area (Å²) in [6.45, 7) is 13.1. The van der Waals surface area contributed by atoms with Crippen LogP contribution in [0.3, 0.4) is 0 Å². The molecular formula is C13H24N4S. The lowest BCUT2D eigenvalue weighted by atomic mass is 10.0. The minimum absolute atomic E-state index is 0.217. The SMILES string of the molecule is Cc1csc(CNCC(C)(C)N2CCNCC2)n1. The molecular weight excluding hydrogens is 244 g/mol. The average Bonchev–Trinajstić information content (AvgIpc) is 2.76. The van der Waals surface area contributed by atoms with E-state index in [9.17, 15) is 0 Å². The molecule has 0 atom stereocenters. The summed E-state index contributed by atoms with van der Waals surface area (Å²) in [5, 5.41) is 10.2. The fraction of sp³-hybridized carbons (Fsp3) is 0.769. The molecule has 0 saturated carbocycles. The molecule has 0 aliphatic carbocycles. The van der Waals surface area contributed by atoms with Gasteiger partial charge in [0.2, 0.25) is 0 Å². The van der Waals surface area contributed by atoms with Gasteiger partial charge < -0.3 is 10.6 Å². The van der Waals surface area contributed by atoms with Crippen molar-refractivity contribution in [2.24, 2.45) is 0 Å². The van der Waals surface area contributed by atoms with Gasteiger partial charge in [0, 0.05) is 55.9 Å². The predicted octanol–water partition coefficient (Wildman–Crippen LogP) is 1.22. The molecule has 2 heterocycles. The van der Waals surface area contributed by atoms with Gasteiger partial charge in [0.15, 0.2) is 0 Å². The van der Waals surface area contributed by atoms with Gasteiger partial charge in [0.25, 0.3) is 0 Å². The van der Waals surface area contributed by atoms with Crippen molar-refractivity contribution >= 4 is 11.3 Å². The third-order valence-corrected chi connectivity index (χ3v) is 4.44. The molecule has 1 fully saturated rings. The van der Waals surface area contributed by atoms with Crippen molar-refractivity contribution < 1.29 is 0 Å². The van der Waals surface area contributed by atoms with Gasteiger partial charge >= 0.3 is 0 Å². The Hall–Kier alpha value is -0.490.